The lowest BCUT2D eigenvalue weighted by Gasteiger charge is -2.23. The molecular formula is C16H19Br2NO. The Morgan fingerprint density at radius 2 is 1.90 bits per heavy atom. The summed E-state index contributed by atoms with van der Waals surface area (Å²) in [6.45, 7) is 8.51. The van der Waals surface area contributed by atoms with Gasteiger partial charge in [-0.3, -0.25) is 4.79 Å². The number of likely N-dealkylation sites (N-methyl/N-ethyl adjacent to an activating group) is 1. The largest absolute Gasteiger partial charge is 0.314 e. The molecule has 108 valence electrons. The molecule has 0 aliphatic carbocycles. The Labute approximate surface area is 137 Å². The monoisotopic (exact) mass is 399 g/mol. The van der Waals surface area contributed by atoms with Gasteiger partial charge in [0.15, 0.2) is 0 Å². The Morgan fingerprint density at radius 1 is 1.30 bits per heavy atom. The highest BCUT2D eigenvalue weighted by atomic mass is 79.9. The van der Waals surface area contributed by atoms with Crippen molar-refractivity contribution in [3.05, 3.63) is 38.8 Å². The number of fused-ring (bicyclic) bond motifs is 1. The van der Waals surface area contributed by atoms with Crippen LogP contribution in [0.5, 0.6) is 0 Å². The van der Waals surface area contributed by atoms with E-state index in [9.17, 15) is 4.79 Å². The van der Waals surface area contributed by atoms with Crippen LogP contribution in [0.4, 0.5) is 5.69 Å². The lowest BCUT2D eigenvalue weighted by molar-refractivity contribution is -0.120. The van der Waals surface area contributed by atoms with E-state index in [2.05, 4.69) is 70.8 Å². The van der Waals surface area contributed by atoms with Crippen LogP contribution >= 0.6 is 31.9 Å². The summed E-state index contributed by atoms with van der Waals surface area (Å²) in [6.07, 6.45) is 1.92. The average Bonchev–Trinajstić information content (AvgIpc) is 2.50. The average molecular weight is 401 g/mol. The van der Waals surface area contributed by atoms with Crippen LogP contribution in [0.1, 0.15) is 38.8 Å². The number of hydrogen-bond acceptors (Lipinski definition) is 1. The number of benzene rings is 1. The highest BCUT2D eigenvalue weighted by molar-refractivity contribution is 9.28. The van der Waals surface area contributed by atoms with Crippen molar-refractivity contribution in [1.82, 2.24) is 0 Å². The molecule has 20 heavy (non-hydrogen) atoms. The van der Waals surface area contributed by atoms with E-state index in [-0.39, 0.29) is 11.3 Å². The van der Waals surface area contributed by atoms with Crippen molar-refractivity contribution in [2.24, 2.45) is 0 Å². The second-order valence-corrected chi connectivity index (χ2v) is 9.26. The van der Waals surface area contributed by atoms with Gasteiger partial charge in [0, 0.05) is 12.7 Å². The molecule has 1 aliphatic rings. The molecule has 0 fully saturated rings. The van der Waals surface area contributed by atoms with Crippen LogP contribution in [0.3, 0.4) is 0 Å². The van der Waals surface area contributed by atoms with Gasteiger partial charge in [-0.2, -0.15) is 0 Å². The van der Waals surface area contributed by atoms with Gasteiger partial charge in [0.25, 0.3) is 0 Å². The van der Waals surface area contributed by atoms with Crippen molar-refractivity contribution in [3.8, 4) is 0 Å². The number of hydrogen-bond donors (Lipinski definition) is 0. The zero-order valence-electron chi connectivity index (χ0n) is 12.4. The smallest absolute Gasteiger partial charge is 0.241 e. The molecule has 1 aromatic carbocycles. The second kappa shape index (κ2) is 4.99. The zero-order valence-corrected chi connectivity index (χ0v) is 15.6. The molecular weight excluding hydrogens is 382 g/mol. The molecule has 1 aromatic rings. The van der Waals surface area contributed by atoms with E-state index in [0.717, 1.165) is 14.6 Å². The van der Waals surface area contributed by atoms with Crippen molar-refractivity contribution in [1.29, 1.82) is 0 Å². The number of amides is 1. The third-order valence-corrected chi connectivity index (χ3v) is 4.39. The minimum atomic E-state index is -0.631. The van der Waals surface area contributed by atoms with Gasteiger partial charge in [0.05, 0.1) is 8.81 Å². The van der Waals surface area contributed by atoms with E-state index in [4.69, 9.17) is 0 Å². The standard InChI is InChI=1S/C16H19Br2NO/c1-15(2,3)10-6-7-12-11(8-10)16(4,9-13(17)18)14(20)19(12)5/h6-9H,1-5H3. The molecule has 0 aromatic heterocycles. The first-order valence-electron chi connectivity index (χ1n) is 6.54. The molecule has 1 atom stereocenters. The molecule has 0 saturated carbocycles. The first kappa shape index (κ1) is 15.8. The highest BCUT2D eigenvalue weighted by Crippen LogP contribution is 2.45. The topological polar surface area (TPSA) is 20.3 Å². The van der Waals surface area contributed by atoms with E-state index in [1.807, 2.05) is 20.0 Å². The van der Waals surface area contributed by atoms with Crippen molar-refractivity contribution in [2.45, 2.75) is 38.5 Å². The van der Waals surface area contributed by atoms with Gasteiger partial charge in [-0.15, -0.1) is 0 Å². The molecule has 1 unspecified atom stereocenters. The van der Waals surface area contributed by atoms with Crippen molar-refractivity contribution >= 4 is 43.5 Å². The minimum absolute atomic E-state index is 0.0650. The summed E-state index contributed by atoms with van der Waals surface area (Å²) in [5.74, 6) is 0.0926. The van der Waals surface area contributed by atoms with Gasteiger partial charge in [-0.05, 0) is 67.5 Å². The third kappa shape index (κ3) is 2.48. The molecule has 1 aliphatic heterocycles. The molecule has 0 radical (unpaired) electrons. The van der Waals surface area contributed by atoms with E-state index < -0.39 is 5.41 Å². The Bertz CT molecular complexity index is 597. The van der Waals surface area contributed by atoms with Gasteiger partial charge < -0.3 is 4.90 Å². The summed E-state index contributed by atoms with van der Waals surface area (Å²) in [5.41, 5.74) is 2.73. The predicted octanol–water partition coefficient (Wildman–Crippen LogP) is 4.85. The minimum Gasteiger partial charge on any atom is -0.314 e. The van der Waals surface area contributed by atoms with Crippen molar-refractivity contribution in [3.63, 3.8) is 0 Å². The summed E-state index contributed by atoms with van der Waals surface area (Å²) < 4.78 is 0.795. The first-order chi connectivity index (χ1) is 9.07. The molecule has 0 spiro atoms. The zero-order chi connectivity index (χ0) is 15.3. The lowest BCUT2D eigenvalue weighted by Crippen LogP contribution is -2.34. The van der Waals surface area contributed by atoms with Gasteiger partial charge in [0.2, 0.25) is 5.91 Å². The van der Waals surface area contributed by atoms with Gasteiger partial charge in [-0.25, -0.2) is 0 Å². The summed E-state index contributed by atoms with van der Waals surface area (Å²) in [7, 11) is 1.83. The van der Waals surface area contributed by atoms with Crippen molar-refractivity contribution < 1.29 is 4.79 Å². The SMILES string of the molecule is CN1C(=O)C(C)(C=C(Br)Br)c2cc(C(C)(C)C)ccc21. The van der Waals surface area contributed by atoms with Crippen LogP contribution in [0.2, 0.25) is 0 Å². The number of nitrogens with zero attached hydrogens (tertiary/aromatic N) is 1. The fraction of sp³-hybridized carbons (Fsp3) is 0.438. The van der Waals surface area contributed by atoms with E-state index in [1.54, 1.807) is 4.90 Å². The quantitative estimate of drug-likeness (QED) is 0.659. The van der Waals surface area contributed by atoms with Crippen LogP contribution in [0.15, 0.2) is 27.7 Å². The Morgan fingerprint density at radius 3 is 2.40 bits per heavy atom. The maximum absolute atomic E-state index is 12.6. The summed E-state index contributed by atoms with van der Waals surface area (Å²) >= 11 is 6.77. The molecule has 2 rings (SSSR count). The lowest BCUT2D eigenvalue weighted by atomic mass is 9.79. The second-order valence-electron chi connectivity index (χ2n) is 6.48. The van der Waals surface area contributed by atoms with E-state index in [0.29, 0.717) is 0 Å². The summed E-state index contributed by atoms with van der Waals surface area (Å²) in [6, 6.07) is 6.33. The molecule has 4 heteroatoms. The van der Waals surface area contributed by atoms with Gasteiger partial charge >= 0.3 is 0 Å². The molecule has 0 bridgehead atoms. The molecule has 0 saturated heterocycles. The Kier molecular flexibility index (Phi) is 3.93. The normalized spacial score (nSPS) is 21.9. The van der Waals surface area contributed by atoms with Crippen LogP contribution in [0.25, 0.3) is 0 Å². The van der Waals surface area contributed by atoms with Gasteiger partial charge in [0.1, 0.15) is 0 Å². The maximum Gasteiger partial charge on any atom is 0.241 e. The van der Waals surface area contributed by atoms with Crippen LogP contribution in [-0.4, -0.2) is 13.0 Å². The predicted molar refractivity (Wildman–Crippen MR) is 91.8 cm³/mol. The summed E-state index contributed by atoms with van der Waals surface area (Å²) in [5, 5.41) is 0. The highest BCUT2D eigenvalue weighted by Gasteiger charge is 2.45. The number of carbonyl (C=O) groups excluding carboxylic acids is 1. The fourth-order valence-corrected chi connectivity index (χ4v) is 3.56. The number of halogens is 2. The number of rotatable bonds is 1. The number of anilines is 1. The van der Waals surface area contributed by atoms with E-state index in [1.165, 1.54) is 5.56 Å². The molecule has 1 heterocycles. The Hall–Kier alpha value is -0.610. The van der Waals surface area contributed by atoms with Crippen molar-refractivity contribution in [2.75, 3.05) is 11.9 Å². The first-order valence-corrected chi connectivity index (χ1v) is 8.13. The van der Waals surface area contributed by atoms with Crippen LogP contribution < -0.4 is 4.90 Å². The Balaban J connectivity index is 2.69. The third-order valence-electron chi connectivity index (χ3n) is 3.93. The molecule has 2 nitrogen and oxygen atoms in total. The maximum atomic E-state index is 12.6. The number of carbonyl (C=O) groups is 1. The van der Waals surface area contributed by atoms with Gasteiger partial charge in [-0.1, -0.05) is 32.9 Å². The molecule has 0 N–H and O–H groups in total. The molecule has 1 amide bonds. The van der Waals surface area contributed by atoms with Crippen LogP contribution in [0, 0.1) is 0 Å². The fourth-order valence-electron chi connectivity index (χ4n) is 2.64. The van der Waals surface area contributed by atoms with Crippen LogP contribution in [-0.2, 0) is 15.6 Å². The summed E-state index contributed by atoms with van der Waals surface area (Å²) in [4.78, 5) is 14.4. The van der Waals surface area contributed by atoms with E-state index >= 15 is 0 Å².